The maximum Gasteiger partial charge on any atom is 0.326 e. The van der Waals surface area contributed by atoms with Crippen LogP contribution in [0.2, 0.25) is 0 Å². The molecule has 150 valence electrons. The molecule has 1 aromatic heterocycles. The predicted molar refractivity (Wildman–Crippen MR) is 111 cm³/mol. The average molecular weight is 391 g/mol. The number of hydrogen-bond donors (Lipinski definition) is 3. The molecule has 1 fully saturated rings. The molecule has 0 unspecified atom stereocenters. The summed E-state index contributed by atoms with van der Waals surface area (Å²) < 4.78 is 1.79. The number of aromatic amines is 1. The smallest absolute Gasteiger partial charge is 0.326 e. The van der Waals surface area contributed by atoms with E-state index in [-0.39, 0.29) is 29.8 Å². The zero-order valence-electron chi connectivity index (χ0n) is 16.2. The number of fused-ring (bicyclic) bond motifs is 2. The van der Waals surface area contributed by atoms with Crippen molar-refractivity contribution in [3.05, 3.63) is 69.6 Å². The number of aliphatic hydroxyl groups is 1. The molecule has 0 bridgehead atoms. The van der Waals surface area contributed by atoms with Crippen molar-refractivity contribution in [2.75, 3.05) is 0 Å². The van der Waals surface area contributed by atoms with E-state index in [0.29, 0.717) is 23.9 Å². The first kappa shape index (κ1) is 18.2. The fraction of sp³-hybridized carbons (Fsp3) is 0.391. The lowest BCUT2D eigenvalue weighted by Crippen LogP contribution is -2.35. The lowest BCUT2D eigenvalue weighted by Gasteiger charge is -2.26. The molecule has 3 N–H and O–H groups in total. The van der Waals surface area contributed by atoms with E-state index in [4.69, 9.17) is 0 Å². The van der Waals surface area contributed by atoms with Gasteiger partial charge in [0.05, 0.1) is 17.1 Å². The van der Waals surface area contributed by atoms with Crippen LogP contribution in [0.5, 0.6) is 0 Å². The average Bonchev–Trinajstić information content (AvgIpc) is 3.27. The van der Waals surface area contributed by atoms with E-state index in [1.165, 1.54) is 11.1 Å². The molecular weight excluding hydrogens is 366 g/mol. The number of nitrogens with zero attached hydrogens (tertiary/aromatic N) is 1. The van der Waals surface area contributed by atoms with E-state index in [1.807, 2.05) is 18.2 Å². The summed E-state index contributed by atoms with van der Waals surface area (Å²) in [6.07, 6.45) is 4.46. The number of amides is 1. The van der Waals surface area contributed by atoms with E-state index in [1.54, 1.807) is 16.7 Å². The maximum atomic E-state index is 12.8. The van der Waals surface area contributed by atoms with Crippen LogP contribution in [0.25, 0.3) is 11.0 Å². The van der Waals surface area contributed by atoms with Crippen LogP contribution >= 0.6 is 0 Å². The van der Waals surface area contributed by atoms with Crippen molar-refractivity contribution in [3.8, 4) is 0 Å². The molecule has 6 heteroatoms. The van der Waals surface area contributed by atoms with Crippen LogP contribution in [0.4, 0.5) is 0 Å². The molecule has 2 aliphatic rings. The Balaban J connectivity index is 1.35. The van der Waals surface area contributed by atoms with Crippen LogP contribution in [0, 0.1) is 0 Å². The molecule has 1 heterocycles. The summed E-state index contributed by atoms with van der Waals surface area (Å²) >= 11 is 0. The summed E-state index contributed by atoms with van der Waals surface area (Å²) in [5.74, 6) is -0.112. The number of aromatic nitrogens is 2. The van der Waals surface area contributed by atoms with Gasteiger partial charge in [-0.2, -0.15) is 0 Å². The molecule has 1 saturated carbocycles. The van der Waals surface area contributed by atoms with Crippen LogP contribution in [0.3, 0.4) is 0 Å². The molecule has 1 amide bonds. The number of imidazole rings is 1. The number of aliphatic hydroxyl groups excluding tert-OH is 1. The molecule has 6 nitrogen and oxygen atoms in total. The summed E-state index contributed by atoms with van der Waals surface area (Å²) in [5, 5.41) is 12.9. The lowest BCUT2D eigenvalue weighted by molar-refractivity contribution is 0.0938. The molecule has 3 aromatic rings. The first-order chi connectivity index (χ1) is 14.1. The van der Waals surface area contributed by atoms with Crippen molar-refractivity contribution in [1.29, 1.82) is 0 Å². The highest BCUT2D eigenvalue weighted by Gasteiger charge is 2.25. The quantitative estimate of drug-likeness (QED) is 0.642. The third-order valence-corrected chi connectivity index (χ3v) is 6.40. The Kier molecular flexibility index (Phi) is 4.51. The van der Waals surface area contributed by atoms with Crippen molar-refractivity contribution in [2.45, 2.75) is 56.7 Å². The fourth-order valence-electron chi connectivity index (χ4n) is 4.88. The van der Waals surface area contributed by atoms with Gasteiger partial charge in [0.25, 0.3) is 5.91 Å². The van der Waals surface area contributed by atoms with Gasteiger partial charge in [-0.25, -0.2) is 4.79 Å². The van der Waals surface area contributed by atoms with Crippen molar-refractivity contribution in [1.82, 2.24) is 14.9 Å². The van der Waals surface area contributed by atoms with Gasteiger partial charge < -0.3 is 15.4 Å². The van der Waals surface area contributed by atoms with E-state index < -0.39 is 0 Å². The molecule has 0 saturated heterocycles. The van der Waals surface area contributed by atoms with E-state index in [0.717, 1.165) is 31.2 Å². The summed E-state index contributed by atoms with van der Waals surface area (Å²) in [6.45, 7) is 0. The second-order valence-corrected chi connectivity index (χ2v) is 8.34. The van der Waals surface area contributed by atoms with E-state index in [9.17, 15) is 14.7 Å². The Hall–Kier alpha value is -2.86. The summed E-state index contributed by atoms with van der Waals surface area (Å²) in [7, 11) is 0. The Morgan fingerprint density at radius 3 is 2.41 bits per heavy atom. The highest BCUT2D eigenvalue weighted by molar-refractivity contribution is 5.97. The van der Waals surface area contributed by atoms with Crippen molar-refractivity contribution in [2.24, 2.45) is 0 Å². The minimum Gasteiger partial charge on any atom is -0.393 e. The van der Waals surface area contributed by atoms with Crippen LogP contribution in [0.1, 0.15) is 53.2 Å². The summed E-state index contributed by atoms with van der Waals surface area (Å²) in [4.78, 5) is 28.2. The monoisotopic (exact) mass is 391 g/mol. The first-order valence-corrected chi connectivity index (χ1v) is 10.4. The Morgan fingerprint density at radius 1 is 1.03 bits per heavy atom. The van der Waals surface area contributed by atoms with Gasteiger partial charge in [0.2, 0.25) is 0 Å². The molecule has 0 aliphatic heterocycles. The molecule has 29 heavy (non-hydrogen) atoms. The van der Waals surface area contributed by atoms with Crippen LogP contribution in [-0.4, -0.2) is 32.7 Å². The van der Waals surface area contributed by atoms with Gasteiger partial charge in [-0.05, 0) is 67.9 Å². The normalized spacial score (nSPS) is 22.0. The number of benzene rings is 2. The molecule has 2 aliphatic carbocycles. The Labute approximate surface area is 168 Å². The molecule has 0 radical (unpaired) electrons. The Bertz CT molecular complexity index is 1100. The molecular formula is C23H25N3O3. The number of hydrogen-bond acceptors (Lipinski definition) is 3. The van der Waals surface area contributed by atoms with Gasteiger partial charge in [-0.1, -0.05) is 24.3 Å². The van der Waals surface area contributed by atoms with Gasteiger partial charge in [0.15, 0.2) is 0 Å². The van der Waals surface area contributed by atoms with E-state index in [2.05, 4.69) is 22.4 Å². The predicted octanol–water partition coefficient (Wildman–Crippen LogP) is 2.70. The largest absolute Gasteiger partial charge is 0.393 e. The molecule has 2 aromatic carbocycles. The number of nitrogens with one attached hydrogen (secondary N) is 2. The summed E-state index contributed by atoms with van der Waals surface area (Å²) in [5.41, 5.74) is 4.51. The minimum absolute atomic E-state index is 0.0938. The molecule has 0 spiro atoms. The van der Waals surface area contributed by atoms with Crippen LogP contribution in [-0.2, 0) is 12.8 Å². The Morgan fingerprint density at radius 2 is 1.72 bits per heavy atom. The maximum absolute atomic E-state index is 12.8. The number of H-pyrrole nitrogens is 1. The minimum atomic E-state index is -0.260. The zero-order valence-corrected chi connectivity index (χ0v) is 16.2. The summed E-state index contributed by atoms with van der Waals surface area (Å²) in [6, 6.07) is 13.9. The zero-order chi connectivity index (χ0) is 20.0. The fourth-order valence-corrected chi connectivity index (χ4v) is 4.88. The van der Waals surface area contributed by atoms with Crippen molar-refractivity contribution < 1.29 is 9.90 Å². The number of rotatable bonds is 3. The van der Waals surface area contributed by atoms with Gasteiger partial charge in [-0.15, -0.1) is 0 Å². The highest BCUT2D eigenvalue weighted by atomic mass is 16.3. The third-order valence-electron chi connectivity index (χ3n) is 6.40. The van der Waals surface area contributed by atoms with Gasteiger partial charge in [-0.3, -0.25) is 9.36 Å². The van der Waals surface area contributed by atoms with Crippen LogP contribution < -0.4 is 11.0 Å². The second kappa shape index (κ2) is 7.19. The topological polar surface area (TPSA) is 87.1 Å². The van der Waals surface area contributed by atoms with Crippen LogP contribution in [0.15, 0.2) is 47.3 Å². The third kappa shape index (κ3) is 3.38. The molecule has 0 atom stereocenters. The van der Waals surface area contributed by atoms with Gasteiger partial charge >= 0.3 is 5.69 Å². The van der Waals surface area contributed by atoms with Crippen molar-refractivity contribution >= 4 is 16.9 Å². The lowest BCUT2D eigenvalue weighted by atomic mass is 9.93. The van der Waals surface area contributed by atoms with Crippen molar-refractivity contribution in [3.63, 3.8) is 0 Å². The van der Waals surface area contributed by atoms with E-state index >= 15 is 0 Å². The standard InChI is InChI=1S/C23H25N3O3/c27-19-8-6-18(7-9-19)26-21-10-5-16(13-20(21)25-23(26)29)22(28)24-17-11-14-3-1-2-4-15(14)12-17/h1-5,10,13,17-19,27H,6-9,11-12H2,(H,24,28)(H,25,29). The van der Waals surface area contributed by atoms with Gasteiger partial charge in [0, 0.05) is 17.6 Å². The number of carbonyl (C=O) groups is 1. The highest BCUT2D eigenvalue weighted by Crippen LogP contribution is 2.30. The number of carbonyl (C=O) groups excluding carboxylic acids is 1. The second-order valence-electron chi connectivity index (χ2n) is 8.34. The molecule has 5 rings (SSSR count). The SMILES string of the molecule is O=C(NC1Cc2ccccc2C1)c1ccc2c(c1)[nH]c(=O)n2C1CCC(O)CC1. The van der Waals surface area contributed by atoms with Gasteiger partial charge in [0.1, 0.15) is 0 Å². The first-order valence-electron chi connectivity index (χ1n) is 10.4.